The molecule has 58 heavy (non-hydrogen) atoms. The standard InChI is InChI=1S/C9H18.5C3H8.C2H6.9CH3.23Y/c1-7(2)9(5,6)8(3)4;5*1-3-2;1-2;;;;;;;;;;;;;;;;;;;;;;;;;;;;;;;;/h7-8H,5-6H2,1-4H3;5*3H2,1-2H3;1-2H3;9*1H3;;;;;;;;;;;;;;;;;;;;;;;/q-2;;;;;;;9*-1;;;;;;;;;;;;;;;;;;;;;;2*+3. The molecular weight excluding hydrogens is 2470 g/mol. The van der Waals surface area contributed by atoms with Crippen molar-refractivity contribution in [1.82, 2.24) is 0 Å². The van der Waals surface area contributed by atoms with Gasteiger partial charge in [-0.15, -0.1) is 0 Å². The molecule has 0 aliphatic heterocycles. The van der Waals surface area contributed by atoms with Crippen molar-refractivity contribution in [3.63, 3.8) is 0 Å². The average Bonchev–Trinajstić information content (AvgIpc) is 2.53. The number of hydrogen-bond acceptors (Lipinski definition) is 0. The van der Waals surface area contributed by atoms with Crippen LogP contribution < -0.4 is 0 Å². The summed E-state index contributed by atoms with van der Waals surface area (Å²) in [5.74, 6) is 1.13. The first-order valence-electron chi connectivity index (χ1n) is 11.7. The van der Waals surface area contributed by atoms with Gasteiger partial charge in [0.05, 0.1) is 0 Å². The fourth-order valence-corrected chi connectivity index (χ4v) is 0.667. The molecule has 0 heterocycles. The topological polar surface area (TPSA) is 0 Å². The van der Waals surface area contributed by atoms with Gasteiger partial charge in [0.25, 0.3) is 0 Å². The minimum Gasteiger partial charge on any atom is -0.366 e. The van der Waals surface area contributed by atoms with E-state index in [1.165, 1.54) is 32.1 Å². The summed E-state index contributed by atoms with van der Waals surface area (Å²) < 4.78 is 0. The molecule has 0 aromatic rings. The Hall–Kier alpha value is 25.4. The zero-order valence-corrected chi connectivity index (χ0v) is 110. The Balaban J connectivity index is -0.00000000186. The molecule has 305 valence electrons. The molecule has 0 fully saturated rings. The largest absolute Gasteiger partial charge is 3.00 e. The van der Waals surface area contributed by atoms with E-state index in [2.05, 4.69) is 111 Å². The first-order chi connectivity index (χ1) is 12.0. The van der Waals surface area contributed by atoms with Crippen LogP contribution in [0.25, 0.3) is 0 Å². The van der Waals surface area contributed by atoms with Crippen molar-refractivity contribution in [2.24, 2.45) is 17.3 Å². The average molecular weight is 2560 g/mol. The number of rotatable bonds is 2. The van der Waals surface area contributed by atoms with Gasteiger partial charge in [-0.2, -0.15) is 0 Å². The smallest absolute Gasteiger partial charge is 0.366 e. The number of hydrogen-bond donors (Lipinski definition) is 0. The van der Waals surface area contributed by atoms with E-state index in [0.717, 1.165) is 0 Å². The normalized spacial score (nSPS) is 3.72. The van der Waals surface area contributed by atoms with Crippen LogP contribution in [0.1, 0.15) is 143 Å². The van der Waals surface area contributed by atoms with E-state index in [9.17, 15) is 0 Å². The minimum atomic E-state index is 0. The first kappa shape index (κ1) is 287. The maximum absolute atomic E-state index is 4.06. The summed E-state index contributed by atoms with van der Waals surface area (Å²) in [5.41, 5.74) is 0.000000000000000222. The second-order valence-corrected chi connectivity index (χ2v) is 7.08. The Morgan fingerprint density at radius 3 is 0.293 bits per heavy atom. The van der Waals surface area contributed by atoms with E-state index in [-0.39, 0.29) is 825 Å². The molecule has 0 amide bonds. The van der Waals surface area contributed by atoms with Gasteiger partial charge in [0, 0.05) is 687 Å². The van der Waals surface area contributed by atoms with Gasteiger partial charge in [-0.25, -0.2) is 0 Å². The van der Waals surface area contributed by atoms with Crippen LogP contribution >= 0.6 is 0 Å². The fourth-order valence-electron chi connectivity index (χ4n) is 0.667. The van der Waals surface area contributed by atoms with E-state index < -0.39 is 0 Å². The van der Waals surface area contributed by atoms with Crippen LogP contribution in [0.5, 0.6) is 0 Å². The monoisotopic (exact) mass is 2560 g/mol. The molecular formula is C35H91Y23-5. The predicted octanol–water partition coefficient (Wildman–Crippen LogP) is 15.1. The second kappa shape index (κ2) is 304. The summed E-state index contributed by atoms with van der Waals surface area (Å²) in [7, 11) is 0. The fraction of sp³-hybridized carbons (Fsp3) is 0.686. The molecule has 0 aliphatic rings. The van der Waals surface area contributed by atoms with Crippen molar-refractivity contribution in [3.05, 3.63) is 80.7 Å². The van der Waals surface area contributed by atoms with Crippen LogP contribution in [-0.4, -0.2) is 0 Å². The zero-order chi connectivity index (χ0) is 23.2. The Labute approximate surface area is 962 Å². The molecule has 0 spiro atoms. The summed E-state index contributed by atoms with van der Waals surface area (Å²) in [4.78, 5) is 0. The molecule has 0 saturated heterocycles. The molecule has 0 N–H and O–H groups in total. The van der Waals surface area contributed by atoms with Gasteiger partial charge in [0.1, 0.15) is 0 Å². The Kier molecular flexibility index (Phi) is 1500. The molecule has 0 aromatic heterocycles. The summed E-state index contributed by atoms with van der Waals surface area (Å²) in [6, 6.07) is 0. The SMILES string of the molecule is CC.CCC.CCC.CCC.CCC.CCC.[CH2-]C([CH2-])(C(C)C)C(C)C.[CH3-].[CH3-].[CH3-].[CH3-].[CH3-].[CH3-].[CH3-].[CH3-].[CH3-].[Y+3].[Y+3].[Y].[Y].[Y].[Y].[Y].[Y].[Y].[Y].[Y].[Y].[Y].[Y].[Y].[Y].[Y].[Y].[Y].[Y].[Y].[Y].[Y]. The molecule has 0 nitrogen and oxygen atoms in total. The van der Waals surface area contributed by atoms with Gasteiger partial charge >= 0.3 is 65.4 Å². The molecule has 0 unspecified atom stereocenters. The maximum Gasteiger partial charge on any atom is 3.00 e. The Morgan fingerprint density at radius 1 is 0.259 bits per heavy atom. The van der Waals surface area contributed by atoms with Crippen molar-refractivity contribution >= 4 is 0 Å². The molecule has 0 saturated carbocycles. The van der Waals surface area contributed by atoms with Crippen LogP contribution in [-0.2, 0) is 752 Å². The van der Waals surface area contributed by atoms with Gasteiger partial charge < -0.3 is 80.7 Å². The minimum absolute atomic E-state index is 0. The van der Waals surface area contributed by atoms with Crippen molar-refractivity contribution < 1.29 is 752 Å². The zero-order valence-electron chi connectivity index (χ0n) is 44.9. The molecule has 0 aliphatic carbocycles. The molecule has 0 bridgehead atoms. The first-order valence-corrected chi connectivity index (χ1v) is 11.7. The van der Waals surface area contributed by atoms with Gasteiger partial charge in [-0.1, -0.05) is 155 Å². The van der Waals surface area contributed by atoms with Gasteiger partial charge in [-0.3, -0.25) is 5.41 Å². The summed E-state index contributed by atoms with van der Waals surface area (Å²) >= 11 is 0. The van der Waals surface area contributed by atoms with E-state index >= 15 is 0 Å². The van der Waals surface area contributed by atoms with Crippen LogP contribution in [0.15, 0.2) is 0 Å². The van der Waals surface area contributed by atoms with E-state index in [1.54, 1.807) is 0 Å². The van der Waals surface area contributed by atoms with Gasteiger partial charge in [-0.05, 0) is 0 Å². The van der Waals surface area contributed by atoms with Crippen molar-refractivity contribution in [3.8, 4) is 0 Å². The Morgan fingerprint density at radius 2 is 0.293 bits per heavy atom. The summed E-state index contributed by atoms with van der Waals surface area (Å²) in [6.07, 6.45) is 6.25. The maximum atomic E-state index is 4.06. The van der Waals surface area contributed by atoms with E-state index in [4.69, 9.17) is 0 Å². The molecule has 0 atom stereocenters. The third-order valence-electron chi connectivity index (χ3n) is 2.30. The van der Waals surface area contributed by atoms with Crippen LogP contribution in [0.2, 0.25) is 0 Å². The van der Waals surface area contributed by atoms with E-state index in [0.29, 0.717) is 11.8 Å². The molecule has 23 heteroatoms. The molecule has 0 rings (SSSR count). The van der Waals surface area contributed by atoms with Gasteiger partial charge in [0.2, 0.25) is 0 Å². The Bertz CT molecular complexity index is 166. The summed E-state index contributed by atoms with van der Waals surface area (Å²) in [5, 5.41) is 0. The molecule has 21 radical (unpaired) electrons. The van der Waals surface area contributed by atoms with Gasteiger partial charge in [0.15, 0.2) is 0 Å². The van der Waals surface area contributed by atoms with Crippen molar-refractivity contribution in [1.29, 1.82) is 0 Å². The van der Waals surface area contributed by atoms with Crippen LogP contribution in [0, 0.1) is 97.9 Å². The summed E-state index contributed by atoms with van der Waals surface area (Å²) in [6.45, 7) is 42.0. The van der Waals surface area contributed by atoms with E-state index in [1.807, 2.05) is 13.8 Å². The quantitative estimate of drug-likeness (QED) is 0.242. The van der Waals surface area contributed by atoms with Crippen LogP contribution in [0.3, 0.4) is 0 Å². The van der Waals surface area contributed by atoms with Crippen LogP contribution in [0.4, 0.5) is 0 Å². The third-order valence-corrected chi connectivity index (χ3v) is 2.30. The molecule has 0 aromatic carbocycles. The van der Waals surface area contributed by atoms with Crippen molar-refractivity contribution in [2.45, 2.75) is 143 Å². The third kappa shape index (κ3) is 376. The van der Waals surface area contributed by atoms with Crippen molar-refractivity contribution in [2.75, 3.05) is 0 Å². The second-order valence-electron chi connectivity index (χ2n) is 7.08. The predicted molar refractivity (Wildman–Crippen MR) is 192 cm³/mol.